The molecular formula is C15H20N4O. The van der Waals surface area contributed by atoms with Crippen LogP contribution in [0, 0.1) is 13.8 Å². The van der Waals surface area contributed by atoms with Crippen LogP contribution in [-0.4, -0.2) is 15.8 Å². The van der Waals surface area contributed by atoms with Gasteiger partial charge >= 0.3 is 6.03 Å². The van der Waals surface area contributed by atoms with Crippen molar-refractivity contribution in [2.45, 2.75) is 33.7 Å². The Kier molecular flexibility index (Phi) is 4.40. The van der Waals surface area contributed by atoms with Gasteiger partial charge in [-0.25, -0.2) is 9.48 Å². The van der Waals surface area contributed by atoms with Crippen LogP contribution < -0.4 is 10.6 Å². The molecule has 1 heterocycles. The first kappa shape index (κ1) is 14.1. The van der Waals surface area contributed by atoms with Gasteiger partial charge in [0.1, 0.15) is 5.82 Å². The molecule has 1 aromatic heterocycles. The number of urea groups is 1. The molecule has 5 nitrogen and oxygen atoms in total. The minimum absolute atomic E-state index is 0.253. The molecule has 1 aromatic carbocycles. The number of carbonyl (C=O) groups is 1. The van der Waals surface area contributed by atoms with Gasteiger partial charge in [0.25, 0.3) is 0 Å². The van der Waals surface area contributed by atoms with Gasteiger partial charge in [-0.05, 0) is 31.9 Å². The van der Waals surface area contributed by atoms with Gasteiger partial charge in [-0.3, -0.25) is 5.32 Å². The molecule has 0 aliphatic heterocycles. The fourth-order valence-corrected chi connectivity index (χ4v) is 2.01. The quantitative estimate of drug-likeness (QED) is 0.894. The molecule has 0 saturated heterocycles. The molecule has 5 heteroatoms. The summed E-state index contributed by atoms with van der Waals surface area (Å²) in [4.78, 5) is 12.0. The zero-order chi connectivity index (χ0) is 14.5. The molecule has 0 aliphatic carbocycles. The highest BCUT2D eigenvalue weighted by Gasteiger charge is 2.09. The van der Waals surface area contributed by atoms with Gasteiger partial charge in [0.15, 0.2) is 0 Å². The number of nitrogens with one attached hydrogen (secondary N) is 2. The van der Waals surface area contributed by atoms with E-state index in [1.54, 1.807) is 0 Å². The van der Waals surface area contributed by atoms with Crippen LogP contribution in [0.15, 0.2) is 30.3 Å². The van der Waals surface area contributed by atoms with E-state index in [1.165, 1.54) is 0 Å². The molecule has 20 heavy (non-hydrogen) atoms. The molecule has 0 spiro atoms. The lowest BCUT2D eigenvalue weighted by Gasteiger charge is -2.10. The molecule has 2 N–H and O–H groups in total. The third kappa shape index (κ3) is 3.38. The smallest absolute Gasteiger partial charge is 0.307 e. The Morgan fingerprint density at radius 2 is 2.00 bits per heavy atom. The maximum absolute atomic E-state index is 12.0. The molecule has 2 rings (SSSR count). The first-order valence-electron chi connectivity index (χ1n) is 6.78. The SMILES string of the molecule is CCCn1nc(C)cc1NC(=O)Nc1ccccc1C. The average Bonchev–Trinajstić information content (AvgIpc) is 2.73. The Bertz CT molecular complexity index is 604. The summed E-state index contributed by atoms with van der Waals surface area (Å²) < 4.78 is 1.81. The second-order valence-electron chi connectivity index (χ2n) is 4.79. The number of hydrogen-bond acceptors (Lipinski definition) is 2. The topological polar surface area (TPSA) is 59.0 Å². The second-order valence-corrected chi connectivity index (χ2v) is 4.79. The first-order chi connectivity index (χ1) is 9.60. The number of nitrogens with zero attached hydrogens (tertiary/aromatic N) is 2. The van der Waals surface area contributed by atoms with Crippen molar-refractivity contribution in [1.82, 2.24) is 9.78 Å². The van der Waals surface area contributed by atoms with Crippen LogP contribution in [0.25, 0.3) is 0 Å². The molecule has 0 aliphatic rings. The van der Waals surface area contributed by atoms with Crippen molar-refractivity contribution in [3.63, 3.8) is 0 Å². The zero-order valence-electron chi connectivity index (χ0n) is 12.1. The van der Waals surface area contributed by atoms with Crippen molar-refractivity contribution >= 4 is 17.5 Å². The molecule has 106 valence electrons. The van der Waals surface area contributed by atoms with Crippen LogP contribution >= 0.6 is 0 Å². The van der Waals surface area contributed by atoms with E-state index >= 15 is 0 Å². The van der Waals surface area contributed by atoms with Crippen LogP contribution in [0.5, 0.6) is 0 Å². The summed E-state index contributed by atoms with van der Waals surface area (Å²) in [7, 11) is 0. The van der Waals surface area contributed by atoms with Crippen LogP contribution in [-0.2, 0) is 6.54 Å². The van der Waals surface area contributed by atoms with E-state index in [2.05, 4.69) is 22.7 Å². The monoisotopic (exact) mass is 272 g/mol. The highest BCUT2D eigenvalue weighted by Crippen LogP contribution is 2.15. The number of carbonyl (C=O) groups excluding carboxylic acids is 1. The number of para-hydroxylation sites is 1. The maximum Gasteiger partial charge on any atom is 0.324 e. The Hall–Kier alpha value is -2.30. The lowest BCUT2D eigenvalue weighted by atomic mass is 10.2. The Morgan fingerprint density at radius 3 is 2.70 bits per heavy atom. The number of benzene rings is 1. The van der Waals surface area contributed by atoms with Crippen LogP contribution in [0.2, 0.25) is 0 Å². The molecular weight excluding hydrogens is 252 g/mol. The Balaban J connectivity index is 2.07. The highest BCUT2D eigenvalue weighted by molar-refractivity contribution is 5.99. The number of aromatic nitrogens is 2. The van der Waals surface area contributed by atoms with E-state index in [9.17, 15) is 4.79 Å². The predicted molar refractivity (Wildman–Crippen MR) is 81.1 cm³/mol. The number of amides is 2. The van der Waals surface area contributed by atoms with E-state index in [4.69, 9.17) is 0 Å². The normalized spacial score (nSPS) is 10.3. The number of hydrogen-bond donors (Lipinski definition) is 2. The van der Waals surface area contributed by atoms with Crippen LogP contribution in [0.4, 0.5) is 16.3 Å². The first-order valence-corrected chi connectivity index (χ1v) is 6.78. The average molecular weight is 272 g/mol. The number of anilines is 2. The van der Waals surface area contributed by atoms with Crippen molar-refractivity contribution < 1.29 is 4.79 Å². The summed E-state index contributed by atoms with van der Waals surface area (Å²) in [6.07, 6.45) is 0.967. The van der Waals surface area contributed by atoms with Crippen molar-refractivity contribution in [3.05, 3.63) is 41.6 Å². The number of aryl methyl sites for hydroxylation is 3. The Morgan fingerprint density at radius 1 is 1.25 bits per heavy atom. The lowest BCUT2D eigenvalue weighted by Crippen LogP contribution is -2.22. The van der Waals surface area contributed by atoms with Gasteiger partial charge in [-0.15, -0.1) is 0 Å². The predicted octanol–water partition coefficient (Wildman–Crippen LogP) is 3.55. The van der Waals surface area contributed by atoms with Crippen molar-refractivity contribution in [1.29, 1.82) is 0 Å². The summed E-state index contributed by atoms with van der Waals surface area (Å²) in [6, 6.07) is 9.29. The van der Waals surface area contributed by atoms with Gasteiger partial charge < -0.3 is 5.32 Å². The molecule has 0 bridgehead atoms. The summed E-state index contributed by atoms with van der Waals surface area (Å²) in [5.41, 5.74) is 2.73. The zero-order valence-corrected chi connectivity index (χ0v) is 12.1. The standard InChI is InChI=1S/C15H20N4O/c1-4-9-19-14(10-12(3)18-19)17-15(20)16-13-8-6-5-7-11(13)2/h5-8,10H,4,9H2,1-3H3,(H2,16,17,20). The molecule has 0 saturated carbocycles. The fourth-order valence-electron chi connectivity index (χ4n) is 2.01. The van der Waals surface area contributed by atoms with E-state index in [1.807, 2.05) is 48.9 Å². The molecule has 0 atom stereocenters. The van der Waals surface area contributed by atoms with Crippen LogP contribution in [0.3, 0.4) is 0 Å². The van der Waals surface area contributed by atoms with Gasteiger partial charge in [0.05, 0.1) is 5.69 Å². The maximum atomic E-state index is 12.0. The van der Waals surface area contributed by atoms with Crippen molar-refractivity contribution in [3.8, 4) is 0 Å². The highest BCUT2D eigenvalue weighted by atomic mass is 16.2. The summed E-state index contributed by atoms with van der Waals surface area (Å²) in [6.45, 7) is 6.74. The van der Waals surface area contributed by atoms with Gasteiger partial charge in [-0.2, -0.15) is 5.10 Å². The van der Waals surface area contributed by atoms with Crippen LogP contribution in [0.1, 0.15) is 24.6 Å². The third-order valence-electron chi connectivity index (χ3n) is 2.97. The number of rotatable bonds is 4. The Labute approximate surface area is 119 Å². The van der Waals surface area contributed by atoms with Crippen molar-refractivity contribution in [2.24, 2.45) is 0 Å². The van der Waals surface area contributed by atoms with Crippen molar-refractivity contribution in [2.75, 3.05) is 10.6 Å². The van der Waals surface area contributed by atoms with Gasteiger partial charge in [0.2, 0.25) is 0 Å². The summed E-state index contributed by atoms with van der Waals surface area (Å²) in [5.74, 6) is 0.718. The molecule has 2 amide bonds. The molecule has 0 radical (unpaired) electrons. The molecule has 0 fully saturated rings. The van der Waals surface area contributed by atoms with E-state index in [-0.39, 0.29) is 6.03 Å². The molecule has 0 unspecified atom stereocenters. The fraction of sp³-hybridized carbons (Fsp3) is 0.333. The van der Waals surface area contributed by atoms with E-state index < -0.39 is 0 Å². The van der Waals surface area contributed by atoms with Gasteiger partial charge in [-0.1, -0.05) is 25.1 Å². The van der Waals surface area contributed by atoms with Gasteiger partial charge in [0, 0.05) is 18.3 Å². The summed E-state index contributed by atoms with van der Waals surface area (Å²) in [5, 5.41) is 10.0. The van der Waals surface area contributed by atoms with E-state index in [0.29, 0.717) is 0 Å². The minimum atomic E-state index is -0.253. The van der Waals surface area contributed by atoms with E-state index in [0.717, 1.165) is 35.7 Å². The summed E-state index contributed by atoms with van der Waals surface area (Å²) >= 11 is 0. The minimum Gasteiger partial charge on any atom is -0.307 e. The molecule has 2 aromatic rings. The lowest BCUT2D eigenvalue weighted by molar-refractivity contribution is 0.262. The second kappa shape index (κ2) is 6.23. The third-order valence-corrected chi connectivity index (χ3v) is 2.97. The largest absolute Gasteiger partial charge is 0.324 e.